The second-order valence-electron chi connectivity index (χ2n) is 6.89. The van der Waals surface area contributed by atoms with E-state index < -0.39 is 26.8 Å². The minimum atomic E-state index is -4.51. The summed E-state index contributed by atoms with van der Waals surface area (Å²) >= 11 is 0. The van der Waals surface area contributed by atoms with Crippen LogP contribution in [0.3, 0.4) is 0 Å². The lowest BCUT2D eigenvalue weighted by molar-refractivity contribution is -0.137. The van der Waals surface area contributed by atoms with E-state index in [9.17, 15) is 18.0 Å². The molecule has 7 heteroatoms. The third kappa shape index (κ3) is 5.12. The smallest absolute Gasteiger partial charge is 0.416 e. The maximum absolute atomic E-state index is 13.4. The summed E-state index contributed by atoms with van der Waals surface area (Å²) in [6.07, 6.45) is -4.51. The highest BCUT2D eigenvalue weighted by Gasteiger charge is 2.37. The Morgan fingerprint density at radius 2 is 1.54 bits per heavy atom. The van der Waals surface area contributed by atoms with Gasteiger partial charge in [-0.05, 0) is 40.9 Å². The van der Waals surface area contributed by atoms with Crippen molar-refractivity contribution in [3.63, 3.8) is 0 Å². The summed E-state index contributed by atoms with van der Waals surface area (Å²) in [5.74, 6) is -0.723. The first-order valence-electron chi connectivity index (χ1n) is 8.75. The molecule has 0 aromatic heterocycles. The highest BCUT2D eigenvalue weighted by atomic mass is 33.2. The fraction of sp³-hybridized carbons (Fsp3) is 0.632. The first-order valence-corrected chi connectivity index (χ1v) is 11.9. The van der Waals surface area contributed by atoms with Crippen molar-refractivity contribution in [2.24, 2.45) is 0 Å². The highest BCUT2D eigenvalue weighted by molar-refractivity contribution is 8.94. The summed E-state index contributed by atoms with van der Waals surface area (Å²) in [6, 6.07) is 3.56. The molecule has 0 unspecified atom stereocenters. The number of benzene rings is 1. The second-order valence-corrected chi connectivity index (χ2v) is 14.0. The van der Waals surface area contributed by atoms with Crippen LogP contribution in [0.15, 0.2) is 23.1 Å². The summed E-state index contributed by atoms with van der Waals surface area (Å²) in [6.45, 7) is 14.5. The van der Waals surface area contributed by atoms with Crippen LogP contribution in [0.1, 0.15) is 64.4 Å². The van der Waals surface area contributed by atoms with Gasteiger partial charge in [0.2, 0.25) is 0 Å². The molecule has 0 heterocycles. The van der Waals surface area contributed by atoms with E-state index in [2.05, 4.69) is 41.5 Å². The molecule has 0 saturated carbocycles. The Hall–Kier alpha value is -0.820. The van der Waals surface area contributed by atoms with Crippen molar-refractivity contribution >= 4 is 25.8 Å². The summed E-state index contributed by atoms with van der Waals surface area (Å²) < 4.78 is 45.0. The third-order valence-electron chi connectivity index (χ3n) is 4.20. The number of rotatable bonds is 7. The average Bonchev–Trinajstić information content (AvgIpc) is 2.50. The normalized spacial score (nSPS) is 13.6. The van der Waals surface area contributed by atoms with Gasteiger partial charge in [-0.2, -0.15) is 22.2 Å². The van der Waals surface area contributed by atoms with Gasteiger partial charge in [-0.15, -0.1) is 0 Å². The number of hydrogen-bond donors (Lipinski definition) is 0. The molecule has 0 atom stereocenters. The van der Waals surface area contributed by atoms with Crippen LogP contribution in [-0.2, 0) is 10.9 Å². The van der Waals surface area contributed by atoms with E-state index in [0.717, 1.165) is 12.1 Å². The number of hydrogen-bond acceptors (Lipinski definition) is 3. The quantitative estimate of drug-likeness (QED) is 0.360. The molecule has 0 spiro atoms. The zero-order valence-electron chi connectivity index (χ0n) is 16.4. The van der Waals surface area contributed by atoms with Crippen LogP contribution in [0.4, 0.5) is 13.2 Å². The molecule has 0 aliphatic heterocycles. The van der Waals surface area contributed by atoms with Crippen LogP contribution >= 0.6 is 19.9 Å². The Bertz CT molecular complexity index is 604. The molecule has 0 radical (unpaired) electrons. The zero-order valence-corrected chi connectivity index (χ0v) is 18.1. The summed E-state index contributed by atoms with van der Waals surface area (Å²) in [7, 11) is 0.197. The molecule has 2 nitrogen and oxygen atoms in total. The Morgan fingerprint density at radius 3 is 1.92 bits per heavy atom. The molecule has 1 aromatic carbocycles. The van der Waals surface area contributed by atoms with Crippen molar-refractivity contribution in [2.75, 3.05) is 6.61 Å². The fourth-order valence-corrected chi connectivity index (χ4v) is 10.8. The van der Waals surface area contributed by atoms with Crippen molar-refractivity contribution in [3.05, 3.63) is 29.3 Å². The predicted molar refractivity (Wildman–Crippen MR) is 106 cm³/mol. The van der Waals surface area contributed by atoms with E-state index >= 15 is 0 Å². The Balaban J connectivity index is 3.50. The lowest BCUT2D eigenvalue weighted by Crippen LogP contribution is -2.25. The van der Waals surface area contributed by atoms with Crippen molar-refractivity contribution in [2.45, 2.75) is 75.3 Å². The zero-order chi connectivity index (χ0) is 20.3. The standard InChI is InChI=1S/C19H29F3O2S2/c1-8-24-18(23)15-9-16(19(20,21)22)11-17(10-15)25-26(12(2)3,13(4)5)14(6)7/h9-14H,8H2,1-7H3. The molecule has 0 fully saturated rings. The summed E-state index contributed by atoms with van der Waals surface area (Å²) in [5, 5.41) is 0.981. The first-order chi connectivity index (χ1) is 11.9. The lowest BCUT2D eigenvalue weighted by atomic mass is 10.1. The molecule has 0 bridgehead atoms. The minimum absolute atomic E-state index is 0.0475. The van der Waals surface area contributed by atoms with Crippen molar-refractivity contribution in [3.8, 4) is 0 Å². The van der Waals surface area contributed by atoms with Gasteiger partial charge in [0.1, 0.15) is 0 Å². The topological polar surface area (TPSA) is 26.3 Å². The van der Waals surface area contributed by atoms with Crippen LogP contribution in [0.25, 0.3) is 0 Å². The van der Waals surface area contributed by atoms with Gasteiger partial charge < -0.3 is 4.74 Å². The van der Waals surface area contributed by atoms with Crippen molar-refractivity contribution < 1.29 is 22.7 Å². The Labute approximate surface area is 160 Å². The van der Waals surface area contributed by atoms with Crippen LogP contribution in [0, 0.1) is 0 Å². The van der Waals surface area contributed by atoms with E-state index in [1.54, 1.807) is 6.92 Å². The van der Waals surface area contributed by atoms with Gasteiger partial charge in [-0.1, -0.05) is 52.3 Å². The lowest BCUT2D eigenvalue weighted by Gasteiger charge is -2.50. The van der Waals surface area contributed by atoms with Gasteiger partial charge >= 0.3 is 12.1 Å². The maximum atomic E-state index is 13.4. The van der Waals surface area contributed by atoms with E-state index in [-0.39, 0.29) is 12.2 Å². The van der Waals surface area contributed by atoms with Crippen LogP contribution in [-0.4, -0.2) is 28.3 Å². The third-order valence-corrected chi connectivity index (χ3v) is 14.2. The molecule has 0 amide bonds. The fourth-order valence-electron chi connectivity index (χ4n) is 3.23. The van der Waals surface area contributed by atoms with Crippen molar-refractivity contribution in [1.82, 2.24) is 0 Å². The highest BCUT2D eigenvalue weighted by Crippen LogP contribution is 2.72. The average molecular weight is 411 g/mol. The van der Waals surface area contributed by atoms with E-state index in [0.29, 0.717) is 20.6 Å². The number of carbonyl (C=O) groups is 1. The minimum Gasteiger partial charge on any atom is -0.462 e. The molecule has 0 aliphatic carbocycles. The van der Waals surface area contributed by atoms with Crippen LogP contribution in [0.2, 0.25) is 0 Å². The number of ether oxygens (including phenoxy) is 1. The summed E-state index contributed by atoms with van der Waals surface area (Å²) in [5.41, 5.74) is -0.858. The van der Waals surface area contributed by atoms with Crippen LogP contribution in [0.5, 0.6) is 0 Å². The maximum Gasteiger partial charge on any atom is 0.416 e. The van der Waals surface area contributed by atoms with Gasteiger partial charge in [-0.3, -0.25) is 0 Å². The number of carbonyl (C=O) groups excluding carboxylic acids is 1. The van der Waals surface area contributed by atoms with Gasteiger partial charge in [-0.25, -0.2) is 4.79 Å². The van der Waals surface area contributed by atoms with Crippen molar-refractivity contribution in [1.29, 1.82) is 0 Å². The Kier molecular flexibility index (Phi) is 7.96. The molecule has 150 valence electrons. The number of alkyl halides is 3. The van der Waals surface area contributed by atoms with Gasteiger partial charge in [0.15, 0.2) is 0 Å². The molecule has 1 rings (SSSR count). The van der Waals surface area contributed by atoms with Gasteiger partial charge in [0.05, 0.1) is 17.7 Å². The number of halogens is 3. The van der Waals surface area contributed by atoms with Crippen LogP contribution < -0.4 is 0 Å². The van der Waals surface area contributed by atoms with Gasteiger partial charge in [0.25, 0.3) is 0 Å². The SMILES string of the molecule is CCOC(=O)c1cc(SS(C(C)C)(C(C)C)C(C)C)cc(C(F)(F)F)c1. The second kappa shape index (κ2) is 8.91. The molecular weight excluding hydrogens is 381 g/mol. The molecule has 0 aliphatic rings. The molecular formula is C19H29F3O2S2. The summed E-state index contributed by atoms with van der Waals surface area (Å²) in [4.78, 5) is 12.5. The van der Waals surface area contributed by atoms with Gasteiger partial charge in [0, 0.05) is 4.90 Å². The Morgan fingerprint density at radius 1 is 1.04 bits per heavy atom. The molecule has 0 saturated heterocycles. The molecule has 1 aromatic rings. The van der Waals surface area contributed by atoms with E-state index in [4.69, 9.17) is 4.74 Å². The number of esters is 1. The van der Waals surface area contributed by atoms with E-state index in [1.807, 2.05) is 0 Å². The molecule has 0 N–H and O–H groups in total. The van der Waals surface area contributed by atoms with E-state index in [1.165, 1.54) is 16.9 Å². The predicted octanol–water partition coefficient (Wildman–Crippen LogP) is 6.92. The monoisotopic (exact) mass is 410 g/mol. The largest absolute Gasteiger partial charge is 0.462 e. The first kappa shape index (κ1) is 23.2. The molecule has 26 heavy (non-hydrogen) atoms.